The second-order valence-electron chi connectivity index (χ2n) is 3.26. The molecular weight excluding hydrogens is 295 g/mol. The van der Waals surface area contributed by atoms with Crippen LogP contribution < -0.4 is 11.1 Å². The van der Waals surface area contributed by atoms with Crippen molar-refractivity contribution in [3.05, 3.63) is 24.0 Å². The van der Waals surface area contributed by atoms with Crippen molar-refractivity contribution in [1.29, 1.82) is 0 Å². The molecule has 1 aromatic rings. The van der Waals surface area contributed by atoms with Gasteiger partial charge in [-0.3, -0.25) is 0 Å². The minimum Gasteiger partial charge on any atom is -0.351 e. The molecule has 19 heavy (non-hydrogen) atoms. The zero-order valence-electron chi connectivity index (χ0n) is 9.00. The fourth-order valence-corrected chi connectivity index (χ4v) is 1.96. The summed E-state index contributed by atoms with van der Waals surface area (Å²) in [5.74, 6) is -1.23. The van der Waals surface area contributed by atoms with Gasteiger partial charge in [0.2, 0.25) is 0 Å². The monoisotopic (exact) mass is 302 g/mol. The van der Waals surface area contributed by atoms with Crippen molar-refractivity contribution in [3.63, 3.8) is 0 Å². The number of halogens is 5. The zero-order valence-corrected chi connectivity index (χ0v) is 9.82. The van der Waals surface area contributed by atoms with Crippen LogP contribution in [0.4, 0.5) is 32.4 Å². The lowest BCUT2D eigenvalue weighted by Crippen LogP contribution is -2.32. The van der Waals surface area contributed by atoms with Gasteiger partial charge < -0.3 is 11.1 Å². The average molecular weight is 302 g/mol. The molecular formula is C9H7F5N2O2S. The van der Waals surface area contributed by atoms with E-state index in [-0.39, 0.29) is 0 Å². The molecule has 0 aliphatic carbocycles. The first-order valence-electron chi connectivity index (χ1n) is 4.60. The van der Waals surface area contributed by atoms with Crippen molar-refractivity contribution in [1.82, 2.24) is 0 Å². The van der Waals surface area contributed by atoms with Crippen LogP contribution in [0.25, 0.3) is 0 Å². The van der Waals surface area contributed by atoms with Crippen LogP contribution in [0.2, 0.25) is 0 Å². The molecule has 10 heteroatoms. The Bertz CT molecular complexity index is 523. The number of nitrogens with one attached hydrogen (secondary N) is 1. The van der Waals surface area contributed by atoms with Crippen LogP contribution in [-0.4, -0.2) is 21.9 Å². The highest BCUT2D eigenvalue weighted by molar-refractivity contribution is 7.86. The minimum absolute atomic E-state index is 0.359. The van der Waals surface area contributed by atoms with Crippen LogP contribution in [0.5, 0.6) is 0 Å². The molecule has 0 spiro atoms. The third-order valence-corrected chi connectivity index (χ3v) is 3.27. The Hall–Kier alpha value is -1.71. The van der Waals surface area contributed by atoms with Crippen LogP contribution in [0.3, 0.4) is 0 Å². The Morgan fingerprint density at radius 3 is 2.37 bits per heavy atom. The number of carbonyl (C=O) groups is 1. The molecule has 0 radical (unpaired) electrons. The molecule has 3 N–H and O–H groups in total. The molecule has 1 rings (SSSR count). The number of anilines is 1. The van der Waals surface area contributed by atoms with E-state index in [4.69, 9.17) is 5.73 Å². The second-order valence-corrected chi connectivity index (χ2v) is 4.82. The molecule has 0 aromatic heterocycles. The smallest absolute Gasteiger partial charge is 0.351 e. The Morgan fingerprint density at radius 2 is 1.95 bits per heavy atom. The van der Waals surface area contributed by atoms with Gasteiger partial charge >= 0.3 is 17.7 Å². The zero-order chi connectivity index (χ0) is 14.8. The maximum Gasteiger partial charge on any atom is 0.384 e. The SMILES string of the molecule is NC(=O)Nc1ccc(S(=O)C(F)(F)C(F)F)cc1F. The molecule has 0 saturated carbocycles. The fraction of sp³-hybridized carbons (Fsp3) is 0.222. The summed E-state index contributed by atoms with van der Waals surface area (Å²) in [6.45, 7) is 0. The lowest BCUT2D eigenvalue weighted by atomic mass is 10.3. The van der Waals surface area contributed by atoms with Crippen molar-refractivity contribution < 1.29 is 31.0 Å². The van der Waals surface area contributed by atoms with Gasteiger partial charge in [0.1, 0.15) is 16.6 Å². The number of rotatable bonds is 4. The summed E-state index contributed by atoms with van der Waals surface area (Å²) in [6.07, 6.45) is -4.15. The lowest BCUT2D eigenvalue weighted by Gasteiger charge is -2.15. The Labute approximate surface area is 106 Å². The van der Waals surface area contributed by atoms with E-state index in [2.05, 4.69) is 0 Å². The van der Waals surface area contributed by atoms with E-state index in [0.29, 0.717) is 6.07 Å². The highest BCUT2D eigenvalue weighted by atomic mass is 32.2. The quantitative estimate of drug-likeness (QED) is 0.838. The van der Waals surface area contributed by atoms with E-state index < -0.39 is 44.9 Å². The Balaban J connectivity index is 3.08. The molecule has 0 heterocycles. The van der Waals surface area contributed by atoms with Gasteiger partial charge in [-0.25, -0.2) is 22.2 Å². The Morgan fingerprint density at radius 1 is 1.37 bits per heavy atom. The summed E-state index contributed by atoms with van der Waals surface area (Å²) in [6, 6.07) is 0.763. The van der Waals surface area contributed by atoms with E-state index in [9.17, 15) is 31.0 Å². The van der Waals surface area contributed by atoms with E-state index in [1.54, 1.807) is 0 Å². The maximum atomic E-state index is 13.3. The highest BCUT2D eigenvalue weighted by Crippen LogP contribution is 2.32. The first-order chi connectivity index (χ1) is 8.66. The maximum absolute atomic E-state index is 13.3. The second kappa shape index (κ2) is 5.51. The van der Waals surface area contributed by atoms with Crippen molar-refractivity contribution in [2.45, 2.75) is 16.6 Å². The van der Waals surface area contributed by atoms with Gasteiger partial charge in [-0.1, -0.05) is 0 Å². The van der Waals surface area contributed by atoms with Crippen LogP contribution in [0.15, 0.2) is 23.1 Å². The summed E-state index contributed by atoms with van der Waals surface area (Å²) in [4.78, 5) is 9.62. The number of alkyl halides is 4. The number of primary amides is 1. The van der Waals surface area contributed by atoms with Gasteiger partial charge in [0.05, 0.1) is 5.69 Å². The van der Waals surface area contributed by atoms with Crippen molar-refractivity contribution in [2.24, 2.45) is 5.73 Å². The number of hydrogen-bond acceptors (Lipinski definition) is 2. The van der Waals surface area contributed by atoms with Crippen molar-refractivity contribution >= 4 is 22.5 Å². The molecule has 2 amide bonds. The summed E-state index contributed by atoms with van der Waals surface area (Å²) < 4.78 is 74.1. The molecule has 4 nitrogen and oxygen atoms in total. The summed E-state index contributed by atoms with van der Waals surface area (Å²) >= 11 is 0. The lowest BCUT2D eigenvalue weighted by molar-refractivity contribution is -0.0602. The first-order valence-corrected chi connectivity index (χ1v) is 5.75. The molecule has 1 unspecified atom stereocenters. The number of carbonyl (C=O) groups excluding carboxylic acids is 1. The van der Waals surface area contributed by atoms with Crippen LogP contribution in [0, 0.1) is 5.82 Å². The number of benzene rings is 1. The number of amides is 2. The molecule has 0 bridgehead atoms. The van der Waals surface area contributed by atoms with Gasteiger partial charge in [-0.15, -0.1) is 0 Å². The highest BCUT2D eigenvalue weighted by Gasteiger charge is 2.48. The van der Waals surface area contributed by atoms with Gasteiger partial charge in [-0.05, 0) is 18.2 Å². The summed E-state index contributed by atoms with van der Waals surface area (Å²) in [7, 11) is -3.42. The standard InChI is InChI=1S/C9H7F5N2O2S/c10-5-3-4(1-2-6(5)16-8(15)17)19(18)9(13,14)7(11)12/h1-3,7H,(H3,15,16,17). The normalized spacial score (nSPS) is 13.4. The fourth-order valence-electron chi connectivity index (χ4n) is 1.08. The number of urea groups is 1. The third-order valence-electron chi connectivity index (χ3n) is 1.91. The molecule has 1 atom stereocenters. The predicted molar refractivity (Wildman–Crippen MR) is 57.0 cm³/mol. The molecule has 106 valence electrons. The molecule has 0 saturated heterocycles. The largest absolute Gasteiger partial charge is 0.384 e. The molecule has 0 aliphatic heterocycles. The van der Waals surface area contributed by atoms with Crippen molar-refractivity contribution in [2.75, 3.05) is 5.32 Å². The van der Waals surface area contributed by atoms with Gasteiger partial charge in [0.15, 0.2) is 0 Å². The van der Waals surface area contributed by atoms with E-state index >= 15 is 0 Å². The first kappa shape index (κ1) is 15.3. The predicted octanol–water partition coefficient (Wildman–Crippen LogP) is 2.28. The number of hydrogen-bond donors (Lipinski definition) is 2. The molecule has 0 aliphatic rings. The molecule has 1 aromatic carbocycles. The minimum atomic E-state index is -4.80. The number of nitrogens with two attached hydrogens (primary N) is 1. The summed E-state index contributed by atoms with van der Waals surface area (Å²) in [5.41, 5.74) is 4.25. The molecule has 0 fully saturated rings. The van der Waals surface area contributed by atoms with Gasteiger partial charge in [0, 0.05) is 4.90 Å². The van der Waals surface area contributed by atoms with Crippen molar-refractivity contribution in [3.8, 4) is 0 Å². The van der Waals surface area contributed by atoms with Crippen LogP contribution in [-0.2, 0) is 10.8 Å². The van der Waals surface area contributed by atoms with Crippen LogP contribution in [0.1, 0.15) is 0 Å². The van der Waals surface area contributed by atoms with E-state index in [0.717, 1.165) is 12.1 Å². The summed E-state index contributed by atoms with van der Waals surface area (Å²) in [5, 5.41) is -2.97. The van der Waals surface area contributed by atoms with E-state index in [1.165, 1.54) is 0 Å². The topological polar surface area (TPSA) is 72.2 Å². The van der Waals surface area contributed by atoms with Gasteiger partial charge in [0.25, 0.3) is 0 Å². The van der Waals surface area contributed by atoms with E-state index in [1.807, 2.05) is 5.32 Å². The van der Waals surface area contributed by atoms with Gasteiger partial charge in [-0.2, -0.15) is 8.78 Å². The third kappa shape index (κ3) is 3.40. The Kier molecular flexibility index (Phi) is 4.45. The van der Waals surface area contributed by atoms with Crippen LogP contribution >= 0.6 is 0 Å². The average Bonchev–Trinajstić information content (AvgIpc) is 2.30.